The predicted molar refractivity (Wildman–Crippen MR) is 81.5 cm³/mol. The van der Waals surface area contributed by atoms with E-state index < -0.39 is 6.04 Å². The van der Waals surface area contributed by atoms with Crippen molar-refractivity contribution in [3.8, 4) is 5.75 Å². The summed E-state index contributed by atoms with van der Waals surface area (Å²) in [5, 5.41) is 5.95. The van der Waals surface area contributed by atoms with Gasteiger partial charge in [-0.1, -0.05) is 25.1 Å². The molecule has 2 aliphatic heterocycles. The standard InChI is InChI=1S/C16H21N3O2/c1-4-8-17-15-18-12(14(20)19-15)11-7-5-6-10-9-16(2,3)21-13(10)11/h5-7,12H,4,8-9H2,1-3H3,(H2,17,18,19,20). The van der Waals surface area contributed by atoms with Crippen LogP contribution in [0.15, 0.2) is 23.2 Å². The van der Waals surface area contributed by atoms with Gasteiger partial charge in [0.25, 0.3) is 5.91 Å². The highest BCUT2D eigenvalue weighted by atomic mass is 16.5. The molecule has 1 unspecified atom stereocenters. The summed E-state index contributed by atoms with van der Waals surface area (Å²) in [7, 11) is 0. The fourth-order valence-electron chi connectivity index (χ4n) is 2.82. The number of rotatable bonds is 3. The maximum atomic E-state index is 12.2. The summed E-state index contributed by atoms with van der Waals surface area (Å²) in [6, 6.07) is 5.56. The van der Waals surface area contributed by atoms with Crippen LogP contribution < -0.4 is 15.4 Å². The molecule has 0 aliphatic carbocycles. The van der Waals surface area contributed by atoms with E-state index in [1.165, 1.54) is 0 Å². The number of ether oxygens (including phenoxy) is 1. The number of para-hydroxylation sites is 1. The zero-order valence-electron chi connectivity index (χ0n) is 12.7. The minimum Gasteiger partial charge on any atom is -0.487 e. The molecule has 0 spiro atoms. The van der Waals surface area contributed by atoms with E-state index in [0.29, 0.717) is 12.5 Å². The number of nitrogens with one attached hydrogen (secondary N) is 2. The maximum absolute atomic E-state index is 12.2. The third-order valence-electron chi connectivity index (χ3n) is 3.71. The first-order chi connectivity index (χ1) is 10.00. The molecule has 1 saturated heterocycles. The molecule has 1 aromatic rings. The van der Waals surface area contributed by atoms with Crippen LogP contribution in [-0.2, 0) is 11.2 Å². The lowest BCUT2D eigenvalue weighted by atomic mass is 9.98. The van der Waals surface area contributed by atoms with E-state index in [0.717, 1.165) is 29.7 Å². The number of guanidine groups is 1. The minimum atomic E-state index is -0.426. The lowest BCUT2D eigenvalue weighted by Gasteiger charge is -2.19. The molecule has 2 aliphatic rings. The van der Waals surface area contributed by atoms with Crippen LogP contribution in [0.2, 0.25) is 0 Å². The van der Waals surface area contributed by atoms with Crippen molar-refractivity contribution in [2.75, 3.05) is 6.54 Å². The molecule has 0 bridgehead atoms. The molecule has 2 heterocycles. The maximum Gasteiger partial charge on any atom is 0.254 e. The van der Waals surface area contributed by atoms with Gasteiger partial charge in [0.05, 0.1) is 0 Å². The van der Waals surface area contributed by atoms with Gasteiger partial charge in [-0.05, 0) is 25.8 Å². The number of hydrogen-bond donors (Lipinski definition) is 2. The molecule has 1 atom stereocenters. The second-order valence-corrected chi connectivity index (χ2v) is 6.17. The average Bonchev–Trinajstić information content (AvgIpc) is 2.94. The van der Waals surface area contributed by atoms with E-state index in [2.05, 4.69) is 42.5 Å². The number of amides is 1. The normalized spacial score (nSPS) is 24.4. The third-order valence-corrected chi connectivity index (χ3v) is 3.71. The zero-order valence-corrected chi connectivity index (χ0v) is 12.7. The van der Waals surface area contributed by atoms with Gasteiger partial charge in [0.2, 0.25) is 0 Å². The first kappa shape index (κ1) is 13.9. The fraction of sp³-hybridized carbons (Fsp3) is 0.500. The Kier molecular flexibility index (Phi) is 3.35. The molecule has 5 heteroatoms. The number of benzene rings is 1. The quantitative estimate of drug-likeness (QED) is 0.893. The van der Waals surface area contributed by atoms with E-state index in [4.69, 9.17) is 4.74 Å². The largest absolute Gasteiger partial charge is 0.487 e. The van der Waals surface area contributed by atoms with Gasteiger partial charge in [-0.3, -0.25) is 15.1 Å². The van der Waals surface area contributed by atoms with Crippen molar-refractivity contribution in [2.24, 2.45) is 4.99 Å². The first-order valence-corrected chi connectivity index (χ1v) is 7.43. The van der Waals surface area contributed by atoms with Crippen molar-refractivity contribution in [1.29, 1.82) is 0 Å². The van der Waals surface area contributed by atoms with Crippen LogP contribution in [0.4, 0.5) is 0 Å². The Morgan fingerprint density at radius 1 is 1.43 bits per heavy atom. The molecular weight excluding hydrogens is 266 g/mol. The van der Waals surface area contributed by atoms with Gasteiger partial charge in [0.15, 0.2) is 5.96 Å². The smallest absolute Gasteiger partial charge is 0.254 e. The second kappa shape index (κ2) is 5.06. The van der Waals surface area contributed by atoms with Gasteiger partial charge < -0.3 is 10.1 Å². The summed E-state index contributed by atoms with van der Waals surface area (Å²) < 4.78 is 6.04. The highest BCUT2D eigenvalue weighted by Crippen LogP contribution is 2.40. The van der Waals surface area contributed by atoms with Crippen molar-refractivity contribution in [3.05, 3.63) is 29.3 Å². The summed E-state index contributed by atoms with van der Waals surface area (Å²) in [6.07, 6.45) is 1.81. The molecule has 2 N–H and O–H groups in total. The lowest BCUT2D eigenvalue weighted by Crippen LogP contribution is -2.26. The number of nitrogens with zero attached hydrogens (tertiary/aromatic N) is 1. The van der Waals surface area contributed by atoms with Crippen LogP contribution in [0.3, 0.4) is 0 Å². The Balaban J connectivity index is 1.90. The SMILES string of the molecule is CCCN=C1NC(=O)C(c2cccc3c2OC(C)(C)C3)N1. The topological polar surface area (TPSA) is 62.7 Å². The number of aliphatic imine (C=N–C) groups is 1. The Labute approximate surface area is 124 Å². The van der Waals surface area contributed by atoms with Crippen LogP contribution in [0.25, 0.3) is 0 Å². The fourth-order valence-corrected chi connectivity index (χ4v) is 2.82. The van der Waals surface area contributed by atoms with Gasteiger partial charge in [-0.25, -0.2) is 0 Å². The average molecular weight is 287 g/mol. The number of carbonyl (C=O) groups excluding carboxylic acids is 1. The lowest BCUT2D eigenvalue weighted by molar-refractivity contribution is -0.120. The Morgan fingerprint density at radius 2 is 2.24 bits per heavy atom. The van der Waals surface area contributed by atoms with Gasteiger partial charge in [0, 0.05) is 18.5 Å². The molecule has 0 radical (unpaired) electrons. The van der Waals surface area contributed by atoms with Gasteiger partial charge in [-0.2, -0.15) is 0 Å². The van der Waals surface area contributed by atoms with Crippen molar-refractivity contribution < 1.29 is 9.53 Å². The van der Waals surface area contributed by atoms with E-state index >= 15 is 0 Å². The van der Waals surface area contributed by atoms with Crippen molar-refractivity contribution in [3.63, 3.8) is 0 Å². The first-order valence-electron chi connectivity index (χ1n) is 7.43. The summed E-state index contributed by atoms with van der Waals surface area (Å²) in [5.74, 6) is 1.32. The third kappa shape index (κ3) is 2.60. The summed E-state index contributed by atoms with van der Waals surface area (Å²) in [6.45, 7) is 6.88. The van der Waals surface area contributed by atoms with E-state index in [9.17, 15) is 4.79 Å². The number of fused-ring (bicyclic) bond motifs is 1. The molecular formula is C16H21N3O2. The summed E-state index contributed by atoms with van der Waals surface area (Å²) in [5.41, 5.74) is 1.83. The van der Waals surface area contributed by atoms with Crippen molar-refractivity contribution in [1.82, 2.24) is 10.6 Å². The summed E-state index contributed by atoms with van der Waals surface area (Å²) in [4.78, 5) is 16.5. The van der Waals surface area contributed by atoms with Crippen LogP contribution in [0, 0.1) is 0 Å². The number of carbonyl (C=O) groups is 1. The van der Waals surface area contributed by atoms with Crippen LogP contribution >= 0.6 is 0 Å². The Hall–Kier alpha value is -2.04. The molecule has 1 fully saturated rings. The van der Waals surface area contributed by atoms with Gasteiger partial charge in [0.1, 0.15) is 17.4 Å². The van der Waals surface area contributed by atoms with Gasteiger partial charge in [-0.15, -0.1) is 0 Å². The molecule has 5 nitrogen and oxygen atoms in total. The number of hydrogen-bond acceptors (Lipinski definition) is 3. The highest BCUT2D eigenvalue weighted by Gasteiger charge is 2.37. The molecule has 0 aromatic heterocycles. The molecule has 0 saturated carbocycles. The molecule has 21 heavy (non-hydrogen) atoms. The van der Waals surface area contributed by atoms with Crippen LogP contribution in [0.5, 0.6) is 5.75 Å². The van der Waals surface area contributed by atoms with Crippen LogP contribution in [-0.4, -0.2) is 24.0 Å². The monoisotopic (exact) mass is 287 g/mol. The Bertz CT molecular complexity index is 608. The molecule has 112 valence electrons. The second-order valence-electron chi connectivity index (χ2n) is 6.17. The van der Waals surface area contributed by atoms with E-state index in [-0.39, 0.29) is 11.5 Å². The van der Waals surface area contributed by atoms with E-state index in [1.54, 1.807) is 0 Å². The highest BCUT2D eigenvalue weighted by molar-refractivity contribution is 6.07. The summed E-state index contributed by atoms with van der Waals surface area (Å²) >= 11 is 0. The predicted octanol–water partition coefficient (Wildman–Crippen LogP) is 1.93. The molecule has 1 aromatic carbocycles. The molecule has 1 amide bonds. The van der Waals surface area contributed by atoms with E-state index in [1.807, 2.05) is 12.1 Å². The molecule has 3 rings (SSSR count). The van der Waals surface area contributed by atoms with Gasteiger partial charge >= 0.3 is 0 Å². The zero-order chi connectivity index (χ0) is 15.0. The van der Waals surface area contributed by atoms with Crippen molar-refractivity contribution >= 4 is 11.9 Å². The van der Waals surface area contributed by atoms with Crippen molar-refractivity contribution in [2.45, 2.75) is 45.3 Å². The Morgan fingerprint density at radius 3 is 3.00 bits per heavy atom. The minimum absolute atomic E-state index is 0.0773. The van der Waals surface area contributed by atoms with Crippen LogP contribution in [0.1, 0.15) is 44.4 Å².